The first-order valence-electron chi connectivity index (χ1n) is 5.79. The van der Waals surface area contributed by atoms with Gasteiger partial charge >= 0.3 is 12.1 Å². The molecule has 0 unspecified atom stereocenters. The SMILES string of the molecule is COC(=O)c1ccc(O)c(NC(=O)OC(C)(C)C)c1O. The van der Waals surface area contributed by atoms with E-state index in [-0.39, 0.29) is 11.3 Å². The van der Waals surface area contributed by atoms with Crippen LogP contribution in [0, 0.1) is 0 Å². The summed E-state index contributed by atoms with van der Waals surface area (Å²) in [5, 5.41) is 21.7. The average Bonchev–Trinajstić information content (AvgIpc) is 2.31. The van der Waals surface area contributed by atoms with Gasteiger partial charge in [-0.1, -0.05) is 0 Å². The Morgan fingerprint density at radius 2 is 1.80 bits per heavy atom. The largest absolute Gasteiger partial charge is 0.506 e. The zero-order chi connectivity index (χ0) is 15.5. The summed E-state index contributed by atoms with van der Waals surface area (Å²) in [7, 11) is 1.15. The summed E-state index contributed by atoms with van der Waals surface area (Å²) in [6, 6.07) is 2.33. The Labute approximate surface area is 116 Å². The predicted octanol–water partition coefficient (Wildman–Crippen LogP) is 2.23. The molecule has 0 aliphatic heterocycles. The molecule has 0 aromatic heterocycles. The molecule has 0 aliphatic carbocycles. The van der Waals surface area contributed by atoms with Gasteiger partial charge in [-0.25, -0.2) is 9.59 Å². The highest BCUT2D eigenvalue weighted by molar-refractivity contribution is 5.98. The fourth-order valence-electron chi connectivity index (χ4n) is 1.38. The highest BCUT2D eigenvalue weighted by atomic mass is 16.6. The van der Waals surface area contributed by atoms with Crippen LogP contribution in [0.1, 0.15) is 31.1 Å². The number of ether oxygens (including phenoxy) is 2. The molecule has 1 amide bonds. The third-order valence-electron chi connectivity index (χ3n) is 2.19. The minimum absolute atomic E-state index is 0.184. The second-order valence-corrected chi connectivity index (χ2v) is 4.97. The maximum absolute atomic E-state index is 11.6. The van der Waals surface area contributed by atoms with Crippen molar-refractivity contribution in [3.05, 3.63) is 17.7 Å². The van der Waals surface area contributed by atoms with Crippen LogP contribution >= 0.6 is 0 Å². The van der Waals surface area contributed by atoms with Crippen LogP contribution in [-0.4, -0.2) is 35.0 Å². The molecule has 20 heavy (non-hydrogen) atoms. The maximum Gasteiger partial charge on any atom is 0.412 e. The van der Waals surface area contributed by atoms with Gasteiger partial charge in [-0.05, 0) is 32.9 Å². The van der Waals surface area contributed by atoms with Crippen LogP contribution in [0.5, 0.6) is 11.5 Å². The molecular weight excluding hydrogens is 266 g/mol. The quantitative estimate of drug-likeness (QED) is 0.568. The van der Waals surface area contributed by atoms with E-state index in [2.05, 4.69) is 10.1 Å². The molecule has 0 aliphatic rings. The average molecular weight is 283 g/mol. The van der Waals surface area contributed by atoms with E-state index < -0.39 is 29.2 Å². The van der Waals surface area contributed by atoms with Gasteiger partial charge in [0.2, 0.25) is 0 Å². The van der Waals surface area contributed by atoms with Crippen LogP contribution in [-0.2, 0) is 9.47 Å². The van der Waals surface area contributed by atoms with Gasteiger partial charge in [0.15, 0.2) is 5.75 Å². The smallest absolute Gasteiger partial charge is 0.412 e. The third kappa shape index (κ3) is 3.78. The van der Waals surface area contributed by atoms with Gasteiger partial charge in [0.1, 0.15) is 22.6 Å². The van der Waals surface area contributed by atoms with Crippen molar-refractivity contribution in [2.75, 3.05) is 12.4 Å². The van der Waals surface area contributed by atoms with Gasteiger partial charge in [0.05, 0.1) is 7.11 Å². The fourth-order valence-corrected chi connectivity index (χ4v) is 1.38. The first-order valence-corrected chi connectivity index (χ1v) is 5.79. The summed E-state index contributed by atoms with van der Waals surface area (Å²) < 4.78 is 9.46. The predicted molar refractivity (Wildman–Crippen MR) is 71.0 cm³/mol. The molecule has 3 N–H and O–H groups in total. The first kappa shape index (κ1) is 15.6. The lowest BCUT2D eigenvalue weighted by molar-refractivity contribution is 0.0592. The van der Waals surface area contributed by atoms with Gasteiger partial charge in [-0.2, -0.15) is 0 Å². The number of carbonyl (C=O) groups excluding carboxylic acids is 2. The fraction of sp³-hybridized carbons (Fsp3) is 0.385. The molecule has 0 radical (unpaired) electrons. The van der Waals surface area contributed by atoms with Gasteiger partial charge in [0.25, 0.3) is 0 Å². The first-order chi connectivity index (χ1) is 9.15. The molecular formula is C13H17NO6. The maximum atomic E-state index is 11.6. The van der Waals surface area contributed by atoms with Crippen molar-refractivity contribution in [2.45, 2.75) is 26.4 Å². The van der Waals surface area contributed by atoms with Crippen LogP contribution < -0.4 is 5.32 Å². The third-order valence-corrected chi connectivity index (χ3v) is 2.19. The Bertz CT molecular complexity index is 532. The number of aromatic hydroxyl groups is 2. The van der Waals surface area contributed by atoms with E-state index in [1.807, 2.05) is 0 Å². The Kier molecular flexibility index (Phi) is 4.44. The van der Waals surface area contributed by atoms with Crippen molar-refractivity contribution >= 4 is 17.7 Å². The second-order valence-electron chi connectivity index (χ2n) is 4.97. The van der Waals surface area contributed by atoms with Crippen molar-refractivity contribution in [1.82, 2.24) is 0 Å². The lowest BCUT2D eigenvalue weighted by Crippen LogP contribution is -2.27. The molecule has 0 bridgehead atoms. The van der Waals surface area contributed by atoms with Gasteiger partial charge in [-0.15, -0.1) is 0 Å². The summed E-state index contributed by atoms with van der Waals surface area (Å²) in [6.45, 7) is 4.99. The Morgan fingerprint density at radius 1 is 1.20 bits per heavy atom. The van der Waals surface area contributed by atoms with Gasteiger partial charge in [-0.3, -0.25) is 5.32 Å². The number of benzene rings is 1. The number of esters is 1. The summed E-state index contributed by atoms with van der Waals surface area (Å²) in [5.41, 5.74) is -1.24. The lowest BCUT2D eigenvalue weighted by Gasteiger charge is -2.20. The second kappa shape index (κ2) is 5.68. The number of phenolic OH excluding ortho intramolecular Hbond substituents is 2. The molecule has 0 heterocycles. The highest BCUT2D eigenvalue weighted by Gasteiger charge is 2.22. The van der Waals surface area contributed by atoms with Crippen molar-refractivity contribution in [3.63, 3.8) is 0 Å². The molecule has 110 valence electrons. The summed E-state index contributed by atoms with van der Waals surface area (Å²) in [6.07, 6.45) is -0.870. The molecule has 0 saturated heterocycles. The number of nitrogens with one attached hydrogen (secondary N) is 1. The molecule has 7 nitrogen and oxygen atoms in total. The Hall–Kier alpha value is -2.44. The van der Waals surface area contributed by atoms with E-state index in [1.165, 1.54) is 6.07 Å². The van der Waals surface area contributed by atoms with E-state index in [0.717, 1.165) is 13.2 Å². The molecule has 1 rings (SSSR count). The molecule has 0 fully saturated rings. The molecule has 0 spiro atoms. The van der Waals surface area contributed by atoms with E-state index >= 15 is 0 Å². The zero-order valence-electron chi connectivity index (χ0n) is 11.7. The topological polar surface area (TPSA) is 105 Å². The normalized spacial score (nSPS) is 10.8. The van der Waals surface area contributed by atoms with Crippen molar-refractivity contribution < 1.29 is 29.3 Å². The van der Waals surface area contributed by atoms with Crippen LogP contribution in [0.4, 0.5) is 10.5 Å². The van der Waals surface area contributed by atoms with Crippen LogP contribution in [0.15, 0.2) is 12.1 Å². The molecule has 1 aromatic carbocycles. The minimum atomic E-state index is -0.870. The van der Waals surface area contributed by atoms with Gasteiger partial charge < -0.3 is 19.7 Å². The number of hydrogen-bond acceptors (Lipinski definition) is 6. The number of amides is 1. The van der Waals surface area contributed by atoms with Crippen LogP contribution in [0.2, 0.25) is 0 Å². The zero-order valence-corrected chi connectivity index (χ0v) is 11.7. The Balaban J connectivity index is 3.06. The van der Waals surface area contributed by atoms with Crippen molar-refractivity contribution in [2.24, 2.45) is 0 Å². The number of hydrogen-bond donors (Lipinski definition) is 3. The number of methoxy groups -OCH3 is 1. The number of carbonyl (C=O) groups is 2. The molecule has 0 saturated carbocycles. The monoisotopic (exact) mass is 283 g/mol. The summed E-state index contributed by atoms with van der Waals surface area (Å²) >= 11 is 0. The Morgan fingerprint density at radius 3 is 2.30 bits per heavy atom. The lowest BCUT2D eigenvalue weighted by atomic mass is 10.1. The standard InChI is InChI=1S/C13H17NO6/c1-13(2,3)20-12(18)14-9-8(15)6-5-7(10(9)16)11(17)19-4/h5-6,15-16H,1-4H3,(H,14,18). The minimum Gasteiger partial charge on any atom is -0.506 e. The molecule has 0 atom stereocenters. The number of phenols is 2. The number of rotatable bonds is 2. The van der Waals surface area contributed by atoms with E-state index in [4.69, 9.17) is 4.74 Å². The van der Waals surface area contributed by atoms with E-state index in [0.29, 0.717) is 0 Å². The molecule has 1 aromatic rings. The summed E-state index contributed by atoms with van der Waals surface area (Å²) in [4.78, 5) is 23.0. The van der Waals surface area contributed by atoms with E-state index in [1.54, 1.807) is 20.8 Å². The van der Waals surface area contributed by atoms with E-state index in [9.17, 15) is 19.8 Å². The van der Waals surface area contributed by atoms with Crippen LogP contribution in [0.25, 0.3) is 0 Å². The van der Waals surface area contributed by atoms with Crippen LogP contribution in [0.3, 0.4) is 0 Å². The number of anilines is 1. The molecule has 7 heteroatoms. The van der Waals surface area contributed by atoms with Crippen molar-refractivity contribution in [1.29, 1.82) is 0 Å². The summed E-state index contributed by atoms with van der Waals surface area (Å²) in [5.74, 6) is -1.79. The highest BCUT2D eigenvalue weighted by Crippen LogP contribution is 2.36. The van der Waals surface area contributed by atoms with Crippen molar-refractivity contribution in [3.8, 4) is 11.5 Å². The van der Waals surface area contributed by atoms with Gasteiger partial charge in [0, 0.05) is 0 Å².